The zero-order chi connectivity index (χ0) is 15.3. The molecule has 2 rings (SSSR count). The predicted molar refractivity (Wildman–Crippen MR) is 80.2 cm³/mol. The van der Waals surface area contributed by atoms with Gasteiger partial charge in [-0.2, -0.15) is 4.31 Å². The summed E-state index contributed by atoms with van der Waals surface area (Å²) >= 11 is 0. The maximum Gasteiger partial charge on any atom is 0.243 e. The van der Waals surface area contributed by atoms with E-state index in [2.05, 4.69) is 0 Å². The third kappa shape index (κ3) is 3.66. The summed E-state index contributed by atoms with van der Waals surface area (Å²) in [6.45, 7) is 4.03. The van der Waals surface area contributed by atoms with Crippen molar-refractivity contribution in [1.82, 2.24) is 4.31 Å². The highest BCUT2D eigenvalue weighted by atomic mass is 32.2. The topological polar surface area (TPSA) is 81.9 Å². The lowest BCUT2D eigenvalue weighted by Gasteiger charge is -2.23. The molecule has 0 saturated carbocycles. The molecule has 0 saturated heterocycles. The summed E-state index contributed by atoms with van der Waals surface area (Å²) in [5.41, 5.74) is 5.54. The van der Waals surface area contributed by atoms with Gasteiger partial charge in [0.1, 0.15) is 13.2 Å². The number of ether oxygens (including phenoxy) is 2. The van der Waals surface area contributed by atoms with Crippen molar-refractivity contribution in [3.05, 3.63) is 18.2 Å². The zero-order valence-electron chi connectivity index (χ0n) is 12.2. The van der Waals surface area contributed by atoms with Crippen LogP contribution in [0.1, 0.15) is 19.8 Å². The monoisotopic (exact) mass is 314 g/mol. The molecule has 2 N–H and O–H groups in total. The third-order valence-corrected chi connectivity index (χ3v) is 5.19. The zero-order valence-corrected chi connectivity index (χ0v) is 13.1. The number of sulfonamides is 1. The number of nitrogens with zero attached hydrogens (tertiary/aromatic N) is 1. The number of fused-ring (bicyclic) bond motifs is 1. The molecule has 1 aliphatic heterocycles. The molecule has 1 aromatic carbocycles. The summed E-state index contributed by atoms with van der Waals surface area (Å²) in [5.74, 6) is 1.06. The molecule has 7 heteroatoms. The molecule has 1 heterocycles. The van der Waals surface area contributed by atoms with E-state index in [1.54, 1.807) is 12.1 Å². The Labute approximate surface area is 125 Å². The highest BCUT2D eigenvalue weighted by molar-refractivity contribution is 7.89. The van der Waals surface area contributed by atoms with Crippen molar-refractivity contribution in [2.45, 2.75) is 24.7 Å². The van der Waals surface area contributed by atoms with E-state index >= 15 is 0 Å². The maximum atomic E-state index is 12.7. The third-order valence-electron chi connectivity index (χ3n) is 3.29. The van der Waals surface area contributed by atoms with Crippen LogP contribution in [0.2, 0.25) is 0 Å². The van der Waals surface area contributed by atoms with Gasteiger partial charge >= 0.3 is 0 Å². The average Bonchev–Trinajstić information content (AvgIpc) is 2.50. The largest absolute Gasteiger partial charge is 0.486 e. The lowest BCUT2D eigenvalue weighted by atomic mass is 10.3. The Balaban J connectivity index is 2.28. The van der Waals surface area contributed by atoms with Gasteiger partial charge in [0.05, 0.1) is 4.90 Å². The minimum atomic E-state index is -3.55. The van der Waals surface area contributed by atoms with Crippen LogP contribution in [0.4, 0.5) is 0 Å². The van der Waals surface area contributed by atoms with Crippen LogP contribution in [0.3, 0.4) is 0 Å². The molecule has 0 spiro atoms. The van der Waals surface area contributed by atoms with E-state index < -0.39 is 10.0 Å². The molecule has 0 atom stereocenters. The number of hydrogen-bond acceptors (Lipinski definition) is 5. The van der Waals surface area contributed by atoms with Gasteiger partial charge in [0.25, 0.3) is 0 Å². The van der Waals surface area contributed by atoms with Crippen LogP contribution in [-0.2, 0) is 10.0 Å². The fraction of sp³-hybridized carbons (Fsp3) is 0.571. The van der Waals surface area contributed by atoms with Gasteiger partial charge < -0.3 is 15.2 Å². The van der Waals surface area contributed by atoms with Crippen LogP contribution in [-0.4, -0.2) is 45.6 Å². The predicted octanol–water partition coefficient (Wildman–Crippen LogP) is 1.21. The Hall–Kier alpha value is -1.31. The number of benzene rings is 1. The van der Waals surface area contributed by atoms with Gasteiger partial charge in [0, 0.05) is 25.7 Å². The van der Waals surface area contributed by atoms with Crippen molar-refractivity contribution in [1.29, 1.82) is 0 Å². The van der Waals surface area contributed by atoms with E-state index in [0.29, 0.717) is 44.3 Å². The summed E-state index contributed by atoms with van der Waals surface area (Å²) in [6.07, 6.45) is 1.74. The molecule has 0 fully saturated rings. The Kier molecular flexibility index (Phi) is 5.44. The second-order valence-corrected chi connectivity index (χ2v) is 6.79. The van der Waals surface area contributed by atoms with Gasteiger partial charge in [0.15, 0.2) is 11.5 Å². The van der Waals surface area contributed by atoms with E-state index in [9.17, 15) is 8.42 Å². The SMILES string of the molecule is CCCCN(CCN)S(=O)(=O)c1ccc2c(c1)OCCO2. The van der Waals surface area contributed by atoms with E-state index in [1.807, 2.05) is 6.92 Å². The molecule has 118 valence electrons. The molecule has 0 radical (unpaired) electrons. The van der Waals surface area contributed by atoms with Crippen molar-refractivity contribution in [2.24, 2.45) is 5.73 Å². The summed E-state index contributed by atoms with van der Waals surface area (Å²) in [4.78, 5) is 0.219. The van der Waals surface area contributed by atoms with Crippen molar-refractivity contribution >= 4 is 10.0 Å². The maximum absolute atomic E-state index is 12.7. The van der Waals surface area contributed by atoms with Gasteiger partial charge in [-0.3, -0.25) is 0 Å². The van der Waals surface area contributed by atoms with E-state index in [0.717, 1.165) is 12.8 Å². The van der Waals surface area contributed by atoms with Crippen LogP contribution >= 0.6 is 0 Å². The molecule has 21 heavy (non-hydrogen) atoms. The van der Waals surface area contributed by atoms with E-state index in [-0.39, 0.29) is 4.90 Å². The molecule has 1 aliphatic rings. The van der Waals surface area contributed by atoms with Crippen LogP contribution < -0.4 is 15.2 Å². The van der Waals surface area contributed by atoms with Gasteiger partial charge in [-0.25, -0.2) is 8.42 Å². The average molecular weight is 314 g/mol. The minimum Gasteiger partial charge on any atom is -0.486 e. The first-order valence-corrected chi connectivity index (χ1v) is 8.63. The Morgan fingerprint density at radius 2 is 1.90 bits per heavy atom. The van der Waals surface area contributed by atoms with Crippen molar-refractivity contribution in [2.75, 3.05) is 32.8 Å². The fourth-order valence-electron chi connectivity index (χ4n) is 2.16. The summed E-state index contributed by atoms with van der Waals surface area (Å²) in [5, 5.41) is 0. The Morgan fingerprint density at radius 3 is 2.57 bits per heavy atom. The van der Waals surface area contributed by atoms with Gasteiger partial charge in [-0.15, -0.1) is 0 Å². The van der Waals surface area contributed by atoms with Crippen LogP contribution in [0.15, 0.2) is 23.1 Å². The smallest absolute Gasteiger partial charge is 0.243 e. The van der Waals surface area contributed by atoms with Gasteiger partial charge in [-0.1, -0.05) is 13.3 Å². The lowest BCUT2D eigenvalue weighted by Crippen LogP contribution is -2.36. The van der Waals surface area contributed by atoms with Crippen LogP contribution in [0.5, 0.6) is 11.5 Å². The highest BCUT2D eigenvalue weighted by Crippen LogP contribution is 2.33. The normalized spacial score (nSPS) is 14.4. The lowest BCUT2D eigenvalue weighted by molar-refractivity contribution is 0.171. The first-order chi connectivity index (χ1) is 10.1. The first kappa shape index (κ1) is 16.1. The summed E-state index contributed by atoms with van der Waals surface area (Å²) in [7, 11) is -3.55. The van der Waals surface area contributed by atoms with Crippen LogP contribution in [0, 0.1) is 0 Å². The second-order valence-electron chi connectivity index (χ2n) is 4.85. The van der Waals surface area contributed by atoms with Gasteiger partial charge in [-0.05, 0) is 18.6 Å². The first-order valence-electron chi connectivity index (χ1n) is 7.19. The standard InChI is InChI=1S/C14H22N2O4S/c1-2-3-7-16(8-6-15)21(17,18)12-4-5-13-14(11-12)20-10-9-19-13/h4-5,11H,2-3,6-10,15H2,1H3. The van der Waals surface area contributed by atoms with E-state index in [4.69, 9.17) is 15.2 Å². The summed E-state index contributed by atoms with van der Waals surface area (Å²) in [6, 6.07) is 4.72. The fourth-order valence-corrected chi connectivity index (χ4v) is 3.67. The number of nitrogens with two attached hydrogens (primary N) is 1. The molecule has 0 unspecified atom stereocenters. The van der Waals surface area contributed by atoms with Crippen molar-refractivity contribution < 1.29 is 17.9 Å². The molecular formula is C14H22N2O4S. The quantitative estimate of drug-likeness (QED) is 0.818. The van der Waals surface area contributed by atoms with Gasteiger partial charge in [0.2, 0.25) is 10.0 Å². The second kappa shape index (κ2) is 7.11. The van der Waals surface area contributed by atoms with Crippen molar-refractivity contribution in [3.63, 3.8) is 0 Å². The van der Waals surface area contributed by atoms with Crippen molar-refractivity contribution in [3.8, 4) is 11.5 Å². The van der Waals surface area contributed by atoms with Crippen LogP contribution in [0.25, 0.3) is 0 Å². The molecular weight excluding hydrogens is 292 g/mol. The molecule has 0 bridgehead atoms. The Bertz CT molecular complexity index is 574. The number of unbranched alkanes of at least 4 members (excludes halogenated alkanes) is 1. The molecule has 0 aliphatic carbocycles. The number of rotatable bonds is 7. The van der Waals surface area contributed by atoms with E-state index in [1.165, 1.54) is 10.4 Å². The minimum absolute atomic E-state index is 0.219. The molecule has 6 nitrogen and oxygen atoms in total. The molecule has 0 aromatic heterocycles. The molecule has 1 aromatic rings. The molecule has 0 amide bonds. The highest BCUT2D eigenvalue weighted by Gasteiger charge is 2.25. The Morgan fingerprint density at radius 1 is 1.19 bits per heavy atom. The number of hydrogen-bond donors (Lipinski definition) is 1. The summed E-state index contributed by atoms with van der Waals surface area (Å²) < 4.78 is 37.7.